The van der Waals surface area contributed by atoms with Gasteiger partial charge in [-0.1, -0.05) is 18.2 Å². The van der Waals surface area contributed by atoms with Gasteiger partial charge in [-0.25, -0.2) is 9.59 Å². The second-order valence-corrected chi connectivity index (χ2v) is 6.18. The van der Waals surface area contributed by atoms with E-state index in [0.717, 1.165) is 5.56 Å². The van der Waals surface area contributed by atoms with Gasteiger partial charge < -0.3 is 15.2 Å². The Morgan fingerprint density at radius 1 is 1.38 bits per heavy atom. The molecule has 0 bridgehead atoms. The molecule has 5 nitrogen and oxygen atoms in total. The first kappa shape index (κ1) is 17.2. The van der Waals surface area contributed by atoms with Crippen LogP contribution in [0, 0.1) is 0 Å². The lowest BCUT2D eigenvalue weighted by Crippen LogP contribution is -2.32. The molecule has 114 valence electrons. The zero-order valence-corrected chi connectivity index (χ0v) is 13.7. The zero-order valence-electron chi connectivity index (χ0n) is 12.1. The third-order valence-corrected chi connectivity index (χ3v) is 2.99. The predicted octanol–water partition coefficient (Wildman–Crippen LogP) is 3.69. The van der Waals surface area contributed by atoms with Crippen molar-refractivity contribution >= 4 is 34.1 Å². The van der Waals surface area contributed by atoms with Gasteiger partial charge >= 0.3 is 12.1 Å². The van der Waals surface area contributed by atoms with Gasteiger partial charge in [0.1, 0.15) is 5.60 Å². The molecule has 0 aliphatic rings. The van der Waals surface area contributed by atoms with Crippen molar-refractivity contribution in [2.24, 2.45) is 0 Å². The number of ether oxygens (including phenoxy) is 1. The third kappa shape index (κ3) is 6.44. The maximum atomic E-state index is 11.4. The van der Waals surface area contributed by atoms with Crippen molar-refractivity contribution in [1.82, 2.24) is 5.32 Å². The minimum Gasteiger partial charge on any atom is -0.478 e. The smallest absolute Gasteiger partial charge is 0.407 e. The number of alkyl carbamates (subject to hydrolysis) is 1. The van der Waals surface area contributed by atoms with E-state index >= 15 is 0 Å². The van der Waals surface area contributed by atoms with Gasteiger partial charge in [-0.2, -0.15) is 0 Å². The lowest BCUT2D eigenvalue weighted by molar-refractivity contribution is 0.0533. The van der Waals surface area contributed by atoms with Crippen molar-refractivity contribution in [1.29, 1.82) is 0 Å². The van der Waals surface area contributed by atoms with Crippen LogP contribution in [0.4, 0.5) is 4.79 Å². The Hall–Kier alpha value is -1.82. The zero-order chi connectivity index (χ0) is 16.0. The van der Waals surface area contributed by atoms with E-state index in [0.29, 0.717) is 11.0 Å². The number of aromatic carboxylic acids is 1. The van der Waals surface area contributed by atoms with Crippen molar-refractivity contribution < 1.29 is 19.4 Å². The van der Waals surface area contributed by atoms with Crippen molar-refractivity contribution in [2.75, 3.05) is 6.54 Å². The predicted molar refractivity (Wildman–Crippen MR) is 84.4 cm³/mol. The monoisotopic (exact) mass is 355 g/mol. The van der Waals surface area contributed by atoms with Crippen LogP contribution in [0.2, 0.25) is 0 Å². The summed E-state index contributed by atoms with van der Waals surface area (Å²) in [5, 5.41) is 11.6. The third-order valence-electron chi connectivity index (χ3n) is 2.29. The number of hydrogen-bond donors (Lipinski definition) is 2. The maximum absolute atomic E-state index is 11.4. The summed E-state index contributed by atoms with van der Waals surface area (Å²) in [5.74, 6) is -0.996. The standard InChI is InChI=1S/C15H18BrNO4/c1-15(2,3)21-14(20)17-8-4-5-10-6-7-12(16)11(9-10)13(18)19/h4-7,9H,8H2,1-3H3,(H,17,20)(H,18,19). The van der Waals surface area contributed by atoms with Crippen LogP contribution >= 0.6 is 15.9 Å². The lowest BCUT2D eigenvalue weighted by Gasteiger charge is -2.19. The molecule has 0 aromatic heterocycles. The first-order chi connectivity index (χ1) is 9.69. The molecule has 0 fully saturated rings. The Morgan fingerprint density at radius 2 is 2.05 bits per heavy atom. The minimum atomic E-state index is -0.996. The van der Waals surface area contributed by atoms with E-state index in [1.165, 1.54) is 0 Å². The minimum absolute atomic E-state index is 0.192. The van der Waals surface area contributed by atoms with Crippen LogP contribution in [-0.4, -0.2) is 29.3 Å². The molecule has 1 aromatic rings. The molecular formula is C15H18BrNO4. The molecular weight excluding hydrogens is 338 g/mol. The molecule has 0 aliphatic heterocycles. The summed E-state index contributed by atoms with van der Waals surface area (Å²) < 4.78 is 5.62. The Morgan fingerprint density at radius 3 is 2.62 bits per heavy atom. The van der Waals surface area contributed by atoms with Gasteiger partial charge in [0.25, 0.3) is 0 Å². The quantitative estimate of drug-likeness (QED) is 0.863. The Kier molecular flexibility index (Phi) is 5.96. The molecule has 0 saturated heterocycles. The first-order valence-corrected chi connectivity index (χ1v) is 7.14. The summed E-state index contributed by atoms with van der Waals surface area (Å²) in [6.07, 6.45) is 2.96. The molecule has 0 spiro atoms. The van der Waals surface area contributed by atoms with Crippen LogP contribution in [0.3, 0.4) is 0 Å². The molecule has 0 heterocycles. The van der Waals surface area contributed by atoms with E-state index in [9.17, 15) is 9.59 Å². The molecule has 0 aliphatic carbocycles. The fourth-order valence-electron chi connectivity index (χ4n) is 1.46. The van der Waals surface area contributed by atoms with Crippen molar-refractivity contribution in [3.05, 3.63) is 39.9 Å². The summed E-state index contributed by atoms with van der Waals surface area (Å²) >= 11 is 3.18. The van der Waals surface area contributed by atoms with Gasteiger partial charge in [-0.05, 0) is 54.4 Å². The Bertz CT molecular complexity index is 561. The van der Waals surface area contributed by atoms with E-state index in [2.05, 4.69) is 21.2 Å². The first-order valence-electron chi connectivity index (χ1n) is 6.35. The van der Waals surface area contributed by atoms with Gasteiger partial charge in [0.2, 0.25) is 0 Å². The number of carboxylic acids is 1. The van der Waals surface area contributed by atoms with Gasteiger partial charge in [0.15, 0.2) is 0 Å². The number of halogens is 1. The number of carbonyl (C=O) groups is 2. The molecule has 1 aromatic carbocycles. The second-order valence-electron chi connectivity index (χ2n) is 5.33. The number of benzene rings is 1. The van der Waals surface area contributed by atoms with Gasteiger partial charge in [0, 0.05) is 11.0 Å². The highest BCUT2D eigenvalue weighted by Crippen LogP contribution is 2.19. The van der Waals surface area contributed by atoms with E-state index in [1.807, 2.05) is 0 Å². The molecule has 6 heteroatoms. The SMILES string of the molecule is CC(C)(C)OC(=O)NCC=Cc1ccc(Br)c(C(=O)O)c1. The summed E-state index contributed by atoms with van der Waals surface area (Å²) in [6.45, 7) is 5.67. The van der Waals surface area contributed by atoms with Crippen molar-refractivity contribution in [3.63, 3.8) is 0 Å². The van der Waals surface area contributed by atoms with Crippen molar-refractivity contribution in [2.45, 2.75) is 26.4 Å². The van der Waals surface area contributed by atoms with E-state index in [4.69, 9.17) is 9.84 Å². The highest BCUT2D eigenvalue weighted by molar-refractivity contribution is 9.10. The van der Waals surface area contributed by atoms with Crippen LogP contribution in [0.15, 0.2) is 28.7 Å². The average Bonchev–Trinajstić information content (AvgIpc) is 2.34. The number of nitrogens with one attached hydrogen (secondary N) is 1. The molecule has 2 N–H and O–H groups in total. The van der Waals surface area contributed by atoms with Crippen LogP contribution in [0.25, 0.3) is 6.08 Å². The Balaban J connectivity index is 2.56. The summed E-state index contributed by atoms with van der Waals surface area (Å²) in [6, 6.07) is 5.00. The molecule has 0 saturated carbocycles. The van der Waals surface area contributed by atoms with Crippen LogP contribution in [0.5, 0.6) is 0 Å². The molecule has 0 radical (unpaired) electrons. The van der Waals surface area contributed by atoms with Gasteiger partial charge in [-0.15, -0.1) is 0 Å². The van der Waals surface area contributed by atoms with E-state index in [1.54, 1.807) is 51.1 Å². The second kappa shape index (κ2) is 7.26. The number of hydrogen-bond acceptors (Lipinski definition) is 3. The number of rotatable bonds is 4. The number of carbonyl (C=O) groups excluding carboxylic acids is 1. The molecule has 21 heavy (non-hydrogen) atoms. The normalized spacial score (nSPS) is 11.4. The average molecular weight is 356 g/mol. The van der Waals surface area contributed by atoms with Crippen LogP contribution in [0.1, 0.15) is 36.7 Å². The number of amides is 1. The summed E-state index contributed by atoms with van der Waals surface area (Å²) in [5.41, 5.74) is 0.398. The highest BCUT2D eigenvalue weighted by atomic mass is 79.9. The fraction of sp³-hybridized carbons (Fsp3) is 0.333. The van der Waals surface area contributed by atoms with Crippen LogP contribution in [-0.2, 0) is 4.74 Å². The lowest BCUT2D eigenvalue weighted by atomic mass is 10.1. The molecule has 0 atom stereocenters. The van der Waals surface area contributed by atoms with E-state index in [-0.39, 0.29) is 5.56 Å². The topological polar surface area (TPSA) is 75.6 Å². The van der Waals surface area contributed by atoms with Crippen LogP contribution < -0.4 is 5.32 Å². The Labute approximate surface area is 132 Å². The molecule has 0 unspecified atom stereocenters. The fourth-order valence-corrected chi connectivity index (χ4v) is 1.88. The highest BCUT2D eigenvalue weighted by Gasteiger charge is 2.15. The van der Waals surface area contributed by atoms with Crippen molar-refractivity contribution in [3.8, 4) is 0 Å². The van der Waals surface area contributed by atoms with Gasteiger partial charge in [-0.3, -0.25) is 0 Å². The number of carboxylic acid groups (broad SMARTS) is 1. The summed E-state index contributed by atoms with van der Waals surface area (Å²) in [7, 11) is 0. The molecule has 1 amide bonds. The largest absolute Gasteiger partial charge is 0.478 e. The maximum Gasteiger partial charge on any atom is 0.407 e. The summed E-state index contributed by atoms with van der Waals surface area (Å²) in [4.78, 5) is 22.4. The van der Waals surface area contributed by atoms with Gasteiger partial charge in [0.05, 0.1) is 5.56 Å². The molecule has 1 rings (SSSR count). The van der Waals surface area contributed by atoms with E-state index < -0.39 is 17.7 Å².